The summed E-state index contributed by atoms with van der Waals surface area (Å²) in [6, 6.07) is 5.96. The molecule has 0 saturated heterocycles. The molecular weight excluding hydrogens is 319 g/mol. The van der Waals surface area contributed by atoms with Crippen molar-refractivity contribution >= 4 is 11.6 Å². The predicted octanol–water partition coefficient (Wildman–Crippen LogP) is 3.52. The zero-order chi connectivity index (χ0) is 17.6. The summed E-state index contributed by atoms with van der Waals surface area (Å²) in [6.45, 7) is 0. The molecule has 0 spiro atoms. The maximum absolute atomic E-state index is 13.2. The standard InChI is InChI=1S/C19H23FN4O/c20-15-7-3-6-14(9-15)19-22-11-17(12-23-19)24-18(25)10-16(21)8-13-4-1-2-5-13/h3,6-7,9,11-13,16H,1-2,4-5,8,10,21H2,(H,24,25). The van der Waals surface area contributed by atoms with Gasteiger partial charge in [0.25, 0.3) is 0 Å². The molecule has 0 bridgehead atoms. The molecule has 1 saturated carbocycles. The van der Waals surface area contributed by atoms with Crippen molar-refractivity contribution in [2.45, 2.75) is 44.6 Å². The van der Waals surface area contributed by atoms with Gasteiger partial charge in [-0.1, -0.05) is 37.8 Å². The minimum atomic E-state index is -0.338. The van der Waals surface area contributed by atoms with Gasteiger partial charge >= 0.3 is 0 Å². The van der Waals surface area contributed by atoms with E-state index in [4.69, 9.17) is 5.73 Å². The molecule has 1 aromatic carbocycles. The normalized spacial score (nSPS) is 15.9. The fraction of sp³-hybridized carbons (Fsp3) is 0.421. The van der Waals surface area contributed by atoms with Crippen LogP contribution in [-0.2, 0) is 4.79 Å². The number of hydrogen-bond donors (Lipinski definition) is 2. The largest absolute Gasteiger partial charge is 0.327 e. The second kappa shape index (κ2) is 8.16. The van der Waals surface area contributed by atoms with Gasteiger partial charge in [0.1, 0.15) is 5.82 Å². The number of carbonyl (C=O) groups excluding carboxylic acids is 1. The minimum absolute atomic E-state index is 0.115. The van der Waals surface area contributed by atoms with Crippen molar-refractivity contribution in [3.63, 3.8) is 0 Å². The Morgan fingerprint density at radius 2 is 2.00 bits per heavy atom. The molecule has 132 valence electrons. The van der Waals surface area contributed by atoms with Crippen molar-refractivity contribution in [3.8, 4) is 11.4 Å². The number of nitrogens with two attached hydrogens (primary N) is 1. The van der Waals surface area contributed by atoms with Gasteiger partial charge in [0.15, 0.2) is 5.82 Å². The lowest BCUT2D eigenvalue weighted by molar-refractivity contribution is -0.116. The Kier molecular flexibility index (Phi) is 5.71. The van der Waals surface area contributed by atoms with E-state index >= 15 is 0 Å². The molecule has 2 aromatic rings. The van der Waals surface area contributed by atoms with Gasteiger partial charge in [-0.15, -0.1) is 0 Å². The fourth-order valence-corrected chi connectivity index (χ4v) is 3.38. The van der Waals surface area contributed by atoms with Gasteiger partial charge in [0, 0.05) is 18.0 Å². The molecule has 1 heterocycles. The van der Waals surface area contributed by atoms with Gasteiger partial charge in [-0.25, -0.2) is 14.4 Å². The van der Waals surface area contributed by atoms with Crippen molar-refractivity contribution in [2.75, 3.05) is 5.32 Å². The summed E-state index contributed by atoms with van der Waals surface area (Å²) in [5.41, 5.74) is 7.20. The van der Waals surface area contributed by atoms with Gasteiger partial charge in [-0.2, -0.15) is 0 Å². The second-order valence-corrected chi connectivity index (χ2v) is 6.70. The number of rotatable bonds is 6. The number of aromatic nitrogens is 2. The molecule has 6 heteroatoms. The summed E-state index contributed by atoms with van der Waals surface area (Å²) in [5.74, 6) is 0.606. The molecule has 25 heavy (non-hydrogen) atoms. The van der Waals surface area contributed by atoms with Crippen LogP contribution in [0.4, 0.5) is 10.1 Å². The highest BCUT2D eigenvalue weighted by molar-refractivity contribution is 5.90. The Labute approximate surface area is 146 Å². The molecule has 0 aliphatic heterocycles. The quantitative estimate of drug-likeness (QED) is 0.841. The van der Waals surface area contributed by atoms with Crippen molar-refractivity contribution in [2.24, 2.45) is 11.7 Å². The number of amides is 1. The van der Waals surface area contributed by atoms with Crippen LogP contribution in [0, 0.1) is 11.7 Å². The van der Waals surface area contributed by atoms with Crippen molar-refractivity contribution in [1.82, 2.24) is 9.97 Å². The highest BCUT2D eigenvalue weighted by Gasteiger charge is 2.19. The second-order valence-electron chi connectivity index (χ2n) is 6.70. The molecule has 1 aromatic heterocycles. The Morgan fingerprint density at radius 3 is 2.68 bits per heavy atom. The summed E-state index contributed by atoms with van der Waals surface area (Å²) in [7, 11) is 0. The predicted molar refractivity (Wildman–Crippen MR) is 95.2 cm³/mol. The van der Waals surface area contributed by atoms with Gasteiger partial charge < -0.3 is 11.1 Å². The number of halogens is 1. The Hall–Kier alpha value is -2.34. The van der Waals surface area contributed by atoms with Gasteiger partial charge in [0.05, 0.1) is 18.1 Å². The number of carbonyl (C=O) groups is 1. The molecule has 3 N–H and O–H groups in total. The van der Waals surface area contributed by atoms with E-state index in [-0.39, 0.29) is 17.8 Å². The molecular formula is C19H23FN4O. The van der Waals surface area contributed by atoms with Gasteiger partial charge in [-0.05, 0) is 24.5 Å². The molecule has 1 aliphatic carbocycles. The number of nitrogens with one attached hydrogen (secondary N) is 1. The SMILES string of the molecule is NC(CC(=O)Nc1cnc(-c2cccc(F)c2)nc1)CC1CCCC1. The average Bonchev–Trinajstić information content (AvgIpc) is 3.08. The molecule has 1 fully saturated rings. The summed E-state index contributed by atoms with van der Waals surface area (Å²) >= 11 is 0. The van der Waals surface area contributed by atoms with E-state index in [2.05, 4.69) is 15.3 Å². The van der Waals surface area contributed by atoms with Crippen molar-refractivity contribution in [1.29, 1.82) is 0 Å². The van der Waals surface area contributed by atoms with Crippen LogP contribution in [0.1, 0.15) is 38.5 Å². The Bertz CT molecular complexity index is 714. The lowest BCUT2D eigenvalue weighted by atomic mass is 9.97. The van der Waals surface area contributed by atoms with Crippen LogP contribution in [0.5, 0.6) is 0 Å². The van der Waals surface area contributed by atoms with E-state index in [1.807, 2.05) is 0 Å². The minimum Gasteiger partial charge on any atom is -0.327 e. The summed E-state index contributed by atoms with van der Waals surface area (Å²) < 4.78 is 13.2. The Morgan fingerprint density at radius 1 is 1.28 bits per heavy atom. The van der Waals surface area contributed by atoms with Crippen LogP contribution in [0.15, 0.2) is 36.7 Å². The molecule has 5 nitrogen and oxygen atoms in total. The molecule has 1 aliphatic rings. The van der Waals surface area contributed by atoms with E-state index < -0.39 is 0 Å². The fourth-order valence-electron chi connectivity index (χ4n) is 3.38. The van der Waals surface area contributed by atoms with Crippen LogP contribution in [0.2, 0.25) is 0 Å². The van der Waals surface area contributed by atoms with E-state index in [9.17, 15) is 9.18 Å². The lowest BCUT2D eigenvalue weighted by Crippen LogP contribution is -2.29. The van der Waals surface area contributed by atoms with Crippen LogP contribution in [0.3, 0.4) is 0 Å². The lowest BCUT2D eigenvalue weighted by Gasteiger charge is -2.15. The summed E-state index contributed by atoms with van der Waals surface area (Å²) in [4.78, 5) is 20.5. The maximum atomic E-state index is 13.2. The molecule has 1 atom stereocenters. The highest BCUT2D eigenvalue weighted by atomic mass is 19.1. The van der Waals surface area contributed by atoms with Gasteiger partial charge in [0.2, 0.25) is 5.91 Å². The van der Waals surface area contributed by atoms with Crippen molar-refractivity contribution < 1.29 is 9.18 Å². The van der Waals surface area contributed by atoms with Crippen LogP contribution < -0.4 is 11.1 Å². The number of anilines is 1. The van der Waals surface area contributed by atoms with Crippen LogP contribution >= 0.6 is 0 Å². The molecule has 3 rings (SSSR count). The van der Waals surface area contributed by atoms with Crippen LogP contribution in [0.25, 0.3) is 11.4 Å². The topological polar surface area (TPSA) is 80.9 Å². The first kappa shape index (κ1) is 17.5. The maximum Gasteiger partial charge on any atom is 0.226 e. The number of benzene rings is 1. The third-order valence-electron chi connectivity index (χ3n) is 4.58. The first-order valence-electron chi connectivity index (χ1n) is 8.73. The molecule has 0 radical (unpaired) electrons. The third kappa shape index (κ3) is 5.06. The zero-order valence-corrected chi connectivity index (χ0v) is 14.1. The van der Waals surface area contributed by atoms with Crippen molar-refractivity contribution in [3.05, 3.63) is 42.5 Å². The first-order chi connectivity index (χ1) is 12.1. The van der Waals surface area contributed by atoms with Gasteiger partial charge in [-0.3, -0.25) is 4.79 Å². The summed E-state index contributed by atoms with van der Waals surface area (Å²) in [6.07, 6.45) is 9.25. The first-order valence-corrected chi connectivity index (χ1v) is 8.73. The highest BCUT2D eigenvalue weighted by Crippen LogP contribution is 2.28. The third-order valence-corrected chi connectivity index (χ3v) is 4.58. The Balaban J connectivity index is 1.53. The summed E-state index contributed by atoms with van der Waals surface area (Å²) in [5, 5.41) is 2.77. The molecule has 1 amide bonds. The van der Waals surface area contributed by atoms with E-state index in [0.717, 1.165) is 6.42 Å². The zero-order valence-electron chi connectivity index (χ0n) is 14.1. The monoisotopic (exact) mass is 342 g/mol. The average molecular weight is 342 g/mol. The van der Waals surface area contributed by atoms with Crippen LogP contribution in [-0.4, -0.2) is 21.9 Å². The smallest absolute Gasteiger partial charge is 0.226 e. The van der Waals surface area contributed by atoms with E-state index in [1.165, 1.54) is 50.2 Å². The van der Waals surface area contributed by atoms with E-state index in [1.54, 1.807) is 12.1 Å². The van der Waals surface area contributed by atoms with E-state index in [0.29, 0.717) is 29.4 Å². The number of hydrogen-bond acceptors (Lipinski definition) is 4. The molecule has 1 unspecified atom stereocenters. The number of nitrogens with zero attached hydrogens (tertiary/aromatic N) is 2.